The number of phenolic OH excluding ortho intramolecular Hbond substituents is 1. The van der Waals surface area contributed by atoms with Gasteiger partial charge < -0.3 is 14.6 Å². The van der Waals surface area contributed by atoms with Crippen LogP contribution in [0.3, 0.4) is 0 Å². The lowest BCUT2D eigenvalue weighted by Crippen LogP contribution is -2.09. The van der Waals surface area contributed by atoms with E-state index < -0.39 is 4.92 Å². The van der Waals surface area contributed by atoms with Gasteiger partial charge in [-0.15, -0.1) is 0 Å². The van der Waals surface area contributed by atoms with Crippen LogP contribution >= 0.6 is 0 Å². The van der Waals surface area contributed by atoms with Gasteiger partial charge in [0, 0.05) is 29.8 Å². The van der Waals surface area contributed by atoms with Crippen LogP contribution in [0.5, 0.6) is 17.2 Å². The third kappa shape index (κ3) is 4.44. The van der Waals surface area contributed by atoms with Gasteiger partial charge in [0.1, 0.15) is 23.0 Å². The normalized spacial score (nSPS) is 11.0. The van der Waals surface area contributed by atoms with Gasteiger partial charge in [-0.05, 0) is 12.1 Å². The molecule has 0 amide bonds. The summed E-state index contributed by atoms with van der Waals surface area (Å²) < 4.78 is 10.6. The maximum Gasteiger partial charge on any atom is 0.269 e. The summed E-state index contributed by atoms with van der Waals surface area (Å²) in [6, 6.07) is 18.3. The number of nitro benzene ring substituents is 1. The first-order chi connectivity index (χ1) is 14.0. The molecular formula is C21H19N3O5. The summed E-state index contributed by atoms with van der Waals surface area (Å²) in [4.78, 5) is 10.3. The van der Waals surface area contributed by atoms with Gasteiger partial charge >= 0.3 is 0 Å². The van der Waals surface area contributed by atoms with E-state index in [0.29, 0.717) is 28.5 Å². The Hall–Kier alpha value is -4.07. The Balaban J connectivity index is 2.07. The largest absolute Gasteiger partial charge is 0.507 e. The number of methoxy groups -OCH3 is 2. The van der Waals surface area contributed by atoms with Crippen molar-refractivity contribution >= 4 is 17.1 Å². The summed E-state index contributed by atoms with van der Waals surface area (Å²) in [6.07, 6.45) is 0. The first-order valence-electron chi connectivity index (χ1n) is 8.62. The molecule has 0 aliphatic carbocycles. The molecule has 0 atom stereocenters. The first-order valence-corrected chi connectivity index (χ1v) is 8.62. The molecule has 0 aliphatic rings. The molecule has 0 bridgehead atoms. The number of nitrogens with zero attached hydrogens (tertiary/aromatic N) is 2. The lowest BCUT2D eigenvalue weighted by atomic mass is 10.00. The van der Waals surface area contributed by atoms with Gasteiger partial charge in [0.15, 0.2) is 0 Å². The topological polar surface area (TPSA) is 106 Å². The molecule has 8 heteroatoms. The second-order valence-electron chi connectivity index (χ2n) is 5.97. The van der Waals surface area contributed by atoms with Crippen molar-refractivity contribution in [3.63, 3.8) is 0 Å². The summed E-state index contributed by atoms with van der Waals surface area (Å²) in [5.41, 5.74) is 4.97. The van der Waals surface area contributed by atoms with Gasteiger partial charge in [0.2, 0.25) is 0 Å². The number of rotatable bonds is 7. The SMILES string of the molecule is COc1cc(O)c(/C(=N\Nc2ccc([N+](=O)[O-])cc2)c2ccccc2)c(OC)c1. The highest BCUT2D eigenvalue weighted by Gasteiger charge is 2.19. The Morgan fingerprint density at radius 2 is 1.72 bits per heavy atom. The average molecular weight is 393 g/mol. The summed E-state index contributed by atoms with van der Waals surface area (Å²) in [5, 5.41) is 25.9. The van der Waals surface area contributed by atoms with E-state index in [0.717, 1.165) is 5.56 Å². The van der Waals surface area contributed by atoms with Crippen molar-refractivity contribution in [2.24, 2.45) is 5.10 Å². The number of hydrazone groups is 1. The average Bonchev–Trinajstić information content (AvgIpc) is 2.75. The Morgan fingerprint density at radius 1 is 1.03 bits per heavy atom. The fourth-order valence-corrected chi connectivity index (χ4v) is 2.73. The van der Waals surface area contributed by atoms with Crippen LogP contribution in [0.25, 0.3) is 0 Å². The van der Waals surface area contributed by atoms with Gasteiger partial charge in [-0.1, -0.05) is 30.3 Å². The minimum absolute atomic E-state index is 0.0164. The van der Waals surface area contributed by atoms with Gasteiger partial charge in [0.05, 0.1) is 30.4 Å². The van der Waals surface area contributed by atoms with Gasteiger partial charge in [-0.3, -0.25) is 15.5 Å². The molecule has 0 fully saturated rings. The lowest BCUT2D eigenvalue weighted by molar-refractivity contribution is -0.384. The third-order valence-electron chi connectivity index (χ3n) is 4.17. The molecule has 0 heterocycles. The van der Waals surface area contributed by atoms with Crippen molar-refractivity contribution in [1.29, 1.82) is 0 Å². The molecule has 3 aromatic rings. The Morgan fingerprint density at radius 3 is 2.31 bits per heavy atom. The van der Waals surface area contributed by atoms with E-state index in [2.05, 4.69) is 10.5 Å². The zero-order chi connectivity index (χ0) is 20.8. The number of hydrogen-bond acceptors (Lipinski definition) is 7. The van der Waals surface area contributed by atoms with Crippen LogP contribution in [0.1, 0.15) is 11.1 Å². The Bertz CT molecular complexity index is 1030. The van der Waals surface area contributed by atoms with E-state index in [9.17, 15) is 15.2 Å². The van der Waals surface area contributed by atoms with Crippen LogP contribution in [0.15, 0.2) is 71.8 Å². The zero-order valence-corrected chi connectivity index (χ0v) is 15.8. The number of hydrogen-bond donors (Lipinski definition) is 2. The van der Waals surface area contributed by atoms with Gasteiger partial charge in [-0.2, -0.15) is 5.10 Å². The van der Waals surface area contributed by atoms with E-state index >= 15 is 0 Å². The number of non-ortho nitro benzene ring substituents is 1. The minimum atomic E-state index is -0.470. The number of ether oxygens (including phenoxy) is 2. The molecule has 3 rings (SSSR count). The summed E-state index contributed by atoms with van der Waals surface area (Å²) in [6.45, 7) is 0. The van der Waals surface area contributed by atoms with E-state index in [1.165, 1.54) is 32.4 Å². The maximum atomic E-state index is 10.8. The second-order valence-corrected chi connectivity index (χ2v) is 5.97. The van der Waals surface area contributed by atoms with E-state index in [1.807, 2.05) is 30.3 Å². The molecule has 0 unspecified atom stereocenters. The molecule has 2 N–H and O–H groups in total. The van der Waals surface area contributed by atoms with Crippen molar-refractivity contribution in [3.8, 4) is 17.2 Å². The number of phenols is 1. The monoisotopic (exact) mass is 393 g/mol. The number of nitrogens with one attached hydrogen (secondary N) is 1. The summed E-state index contributed by atoms with van der Waals surface area (Å²) in [5.74, 6) is 0.767. The highest BCUT2D eigenvalue weighted by molar-refractivity contribution is 6.16. The van der Waals surface area contributed by atoms with Crippen LogP contribution in [0.4, 0.5) is 11.4 Å². The minimum Gasteiger partial charge on any atom is -0.507 e. The number of benzene rings is 3. The zero-order valence-electron chi connectivity index (χ0n) is 15.8. The molecular weight excluding hydrogens is 374 g/mol. The summed E-state index contributed by atoms with van der Waals surface area (Å²) >= 11 is 0. The highest BCUT2D eigenvalue weighted by atomic mass is 16.6. The Kier molecular flexibility index (Phi) is 5.94. The van der Waals surface area contributed by atoms with E-state index in [1.54, 1.807) is 18.2 Å². The molecule has 0 spiro atoms. The third-order valence-corrected chi connectivity index (χ3v) is 4.17. The van der Waals surface area contributed by atoms with Crippen molar-refractivity contribution in [1.82, 2.24) is 0 Å². The molecule has 0 aromatic heterocycles. The Labute approximate surface area is 167 Å². The number of anilines is 1. The van der Waals surface area contributed by atoms with Crippen molar-refractivity contribution < 1.29 is 19.5 Å². The molecule has 29 heavy (non-hydrogen) atoms. The molecule has 3 aromatic carbocycles. The molecule has 0 aliphatic heterocycles. The second kappa shape index (κ2) is 8.75. The molecule has 0 saturated carbocycles. The molecule has 0 saturated heterocycles. The molecule has 148 valence electrons. The quantitative estimate of drug-likeness (QED) is 0.354. The number of nitro groups is 1. The number of aromatic hydroxyl groups is 1. The van der Waals surface area contributed by atoms with Crippen molar-refractivity contribution in [2.45, 2.75) is 0 Å². The van der Waals surface area contributed by atoms with Gasteiger partial charge in [-0.25, -0.2) is 0 Å². The van der Waals surface area contributed by atoms with Crippen LogP contribution < -0.4 is 14.9 Å². The standard InChI is InChI=1S/C21H19N3O5/c1-28-17-12-18(25)20(19(13-17)29-2)21(14-6-4-3-5-7-14)23-22-15-8-10-16(11-9-15)24(26)27/h3-13,22,25H,1-2H3/b23-21-. The van der Waals surface area contributed by atoms with E-state index in [-0.39, 0.29) is 11.4 Å². The molecule has 0 radical (unpaired) electrons. The maximum absolute atomic E-state index is 10.8. The first kappa shape index (κ1) is 19.7. The fourth-order valence-electron chi connectivity index (χ4n) is 2.73. The predicted octanol–water partition coefficient (Wildman–Crippen LogP) is 4.18. The summed E-state index contributed by atoms with van der Waals surface area (Å²) in [7, 11) is 2.99. The highest BCUT2D eigenvalue weighted by Crippen LogP contribution is 2.35. The smallest absolute Gasteiger partial charge is 0.269 e. The van der Waals surface area contributed by atoms with Crippen LogP contribution in [0.2, 0.25) is 0 Å². The lowest BCUT2D eigenvalue weighted by Gasteiger charge is -2.15. The van der Waals surface area contributed by atoms with E-state index in [4.69, 9.17) is 9.47 Å². The van der Waals surface area contributed by atoms with Gasteiger partial charge in [0.25, 0.3) is 5.69 Å². The van der Waals surface area contributed by atoms with Crippen LogP contribution in [-0.2, 0) is 0 Å². The van der Waals surface area contributed by atoms with Crippen molar-refractivity contribution in [2.75, 3.05) is 19.6 Å². The predicted molar refractivity (Wildman–Crippen MR) is 110 cm³/mol. The van der Waals surface area contributed by atoms with Crippen LogP contribution in [-0.4, -0.2) is 30.0 Å². The van der Waals surface area contributed by atoms with Crippen molar-refractivity contribution in [3.05, 3.63) is 88.0 Å². The van der Waals surface area contributed by atoms with Crippen LogP contribution in [0, 0.1) is 10.1 Å². The molecule has 8 nitrogen and oxygen atoms in total. The fraction of sp³-hybridized carbons (Fsp3) is 0.0952.